The van der Waals surface area contributed by atoms with Crippen LogP contribution in [0.5, 0.6) is 0 Å². The van der Waals surface area contributed by atoms with Gasteiger partial charge < -0.3 is 4.90 Å². The van der Waals surface area contributed by atoms with Crippen LogP contribution in [0.25, 0.3) is 5.69 Å². The molecular formula is C22H21F4N5O. The number of amides is 1. The first-order chi connectivity index (χ1) is 15.2. The molecule has 1 aliphatic rings. The summed E-state index contributed by atoms with van der Waals surface area (Å²) < 4.78 is 55.5. The fourth-order valence-corrected chi connectivity index (χ4v) is 3.76. The van der Waals surface area contributed by atoms with Crippen LogP contribution < -0.4 is 0 Å². The molecule has 0 unspecified atom stereocenters. The van der Waals surface area contributed by atoms with E-state index >= 15 is 0 Å². The Balaban J connectivity index is 1.52. The Morgan fingerprint density at radius 3 is 2.41 bits per heavy atom. The average Bonchev–Trinajstić information content (AvgIpc) is 3.21. The number of hydrogen-bond acceptors (Lipinski definition) is 4. The van der Waals surface area contributed by atoms with E-state index in [2.05, 4.69) is 15.2 Å². The van der Waals surface area contributed by atoms with E-state index in [1.807, 2.05) is 31.2 Å². The standard InChI is InChI=1S/C22H21F4N5O/c1-15-5-2-3-6-16(15)14-29-9-11-30(12-10-29)21(32)19-20(22(24,25)26)31(28-27-19)18-8-4-7-17(23)13-18/h2-8,13H,9-12,14H2,1H3. The quantitative estimate of drug-likeness (QED) is 0.573. The summed E-state index contributed by atoms with van der Waals surface area (Å²) in [6, 6.07) is 12.5. The Labute approximate surface area is 182 Å². The van der Waals surface area contributed by atoms with Gasteiger partial charge in [0.15, 0.2) is 11.4 Å². The van der Waals surface area contributed by atoms with E-state index in [4.69, 9.17) is 0 Å². The van der Waals surface area contributed by atoms with Crippen LogP contribution in [-0.4, -0.2) is 56.9 Å². The predicted octanol–water partition coefficient (Wildman–Crippen LogP) is 3.69. The van der Waals surface area contributed by atoms with E-state index in [1.165, 1.54) is 22.6 Å². The minimum Gasteiger partial charge on any atom is -0.335 e. The number of carbonyl (C=O) groups is 1. The monoisotopic (exact) mass is 447 g/mol. The Kier molecular flexibility index (Phi) is 5.96. The van der Waals surface area contributed by atoms with Gasteiger partial charge in [-0.15, -0.1) is 5.10 Å². The lowest BCUT2D eigenvalue weighted by atomic mass is 10.1. The molecule has 0 radical (unpaired) electrons. The molecule has 0 saturated carbocycles. The highest BCUT2D eigenvalue weighted by Gasteiger charge is 2.43. The number of nitrogens with zero attached hydrogens (tertiary/aromatic N) is 5. The molecule has 3 aromatic rings. The van der Waals surface area contributed by atoms with Crippen molar-refractivity contribution in [1.82, 2.24) is 24.8 Å². The second-order valence-electron chi connectivity index (χ2n) is 7.67. The SMILES string of the molecule is Cc1ccccc1CN1CCN(C(=O)c2nnn(-c3cccc(F)c3)c2C(F)(F)F)CC1. The lowest BCUT2D eigenvalue weighted by Gasteiger charge is -2.34. The number of alkyl halides is 3. The van der Waals surface area contributed by atoms with Crippen molar-refractivity contribution < 1.29 is 22.4 Å². The zero-order valence-corrected chi connectivity index (χ0v) is 17.3. The molecule has 0 N–H and O–H groups in total. The zero-order valence-electron chi connectivity index (χ0n) is 17.3. The molecule has 1 saturated heterocycles. The van der Waals surface area contributed by atoms with E-state index < -0.39 is 29.3 Å². The molecule has 1 aliphatic heterocycles. The van der Waals surface area contributed by atoms with E-state index in [0.29, 0.717) is 24.3 Å². The number of piperazine rings is 1. The van der Waals surface area contributed by atoms with Crippen LogP contribution in [0.15, 0.2) is 48.5 Å². The molecule has 32 heavy (non-hydrogen) atoms. The Morgan fingerprint density at radius 1 is 1.03 bits per heavy atom. The van der Waals surface area contributed by atoms with Gasteiger partial charge in [-0.1, -0.05) is 35.5 Å². The summed E-state index contributed by atoms with van der Waals surface area (Å²) in [5.41, 5.74) is 0.0796. The van der Waals surface area contributed by atoms with Crippen molar-refractivity contribution in [3.05, 3.63) is 76.9 Å². The minimum absolute atomic E-state index is 0.160. The molecule has 2 aromatic carbocycles. The molecule has 1 aromatic heterocycles. The van der Waals surface area contributed by atoms with Crippen molar-refractivity contribution in [1.29, 1.82) is 0 Å². The number of carbonyl (C=O) groups excluding carboxylic acids is 1. The van der Waals surface area contributed by atoms with Crippen LogP contribution >= 0.6 is 0 Å². The summed E-state index contributed by atoms with van der Waals surface area (Å²) in [5.74, 6) is -1.56. The van der Waals surface area contributed by atoms with Crippen LogP contribution in [0.2, 0.25) is 0 Å². The predicted molar refractivity (Wildman–Crippen MR) is 109 cm³/mol. The summed E-state index contributed by atoms with van der Waals surface area (Å²) >= 11 is 0. The molecule has 6 nitrogen and oxygen atoms in total. The molecule has 0 bridgehead atoms. The smallest absolute Gasteiger partial charge is 0.335 e. The van der Waals surface area contributed by atoms with Crippen molar-refractivity contribution in [2.75, 3.05) is 26.2 Å². The van der Waals surface area contributed by atoms with Gasteiger partial charge in [0.05, 0.1) is 5.69 Å². The van der Waals surface area contributed by atoms with Gasteiger partial charge >= 0.3 is 6.18 Å². The molecule has 0 spiro atoms. The summed E-state index contributed by atoms with van der Waals surface area (Å²) in [7, 11) is 0. The number of rotatable bonds is 4. The van der Waals surface area contributed by atoms with E-state index in [1.54, 1.807) is 0 Å². The fraction of sp³-hybridized carbons (Fsp3) is 0.318. The molecule has 168 valence electrons. The topological polar surface area (TPSA) is 54.3 Å². The van der Waals surface area contributed by atoms with Crippen LogP contribution in [-0.2, 0) is 12.7 Å². The van der Waals surface area contributed by atoms with Gasteiger partial charge in [-0.3, -0.25) is 9.69 Å². The summed E-state index contributed by atoms with van der Waals surface area (Å²) in [6.45, 7) is 4.33. The van der Waals surface area contributed by atoms with E-state index in [-0.39, 0.29) is 18.8 Å². The van der Waals surface area contributed by atoms with Gasteiger partial charge in [0.2, 0.25) is 0 Å². The van der Waals surface area contributed by atoms with Crippen molar-refractivity contribution >= 4 is 5.91 Å². The van der Waals surface area contributed by atoms with Crippen LogP contribution in [0.4, 0.5) is 17.6 Å². The van der Waals surface area contributed by atoms with Crippen LogP contribution in [0, 0.1) is 12.7 Å². The number of halogens is 4. The van der Waals surface area contributed by atoms with Gasteiger partial charge in [-0.2, -0.15) is 13.2 Å². The molecule has 1 amide bonds. The molecule has 0 aliphatic carbocycles. The maximum absolute atomic E-state index is 13.8. The molecule has 2 heterocycles. The lowest BCUT2D eigenvalue weighted by Crippen LogP contribution is -2.48. The average molecular weight is 447 g/mol. The molecule has 10 heteroatoms. The largest absolute Gasteiger partial charge is 0.435 e. The highest BCUT2D eigenvalue weighted by molar-refractivity contribution is 5.93. The Bertz CT molecular complexity index is 1120. The van der Waals surface area contributed by atoms with Crippen molar-refractivity contribution in [2.24, 2.45) is 0 Å². The third kappa shape index (κ3) is 4.50. The maximum Gasteiger partial charge on any atom is 0.435 e. The second-order valence-corrected chi connectivity index (χ2v) is 7.67. The molecule has 0 atom stereocenters. The third-order valence-electron chi connectivity index (χ3n) is 5.51. The fourth-order valence-electron chi connectivity index (χ4n) is 3.76. The first-order valence-electron chi connectivity index (χ1n) is 10.1. The highest BCUT2D eigenvalue weighted by atomic mass is 19.4. The zero-order chi connectivity index (χ0) is 22.9. The van der Waals surface area contributed by atoms with Crippen molar-refractivity contribution in [2.45, 2.75) is 19.6 Å². The van der Waals surface area contributed by atoms with Gasteiger partial charge in [-0.25, -0.2) is 9.07 Å². The van der Waals surface area contributed by atoms with Gasteiger partial charge in [-0.05, 0) is 36.2 Å². The number of benzene rings is 2. The number of aromatic nitrogens is 3. The molecule has 4 rings (SSSR count). The van der Waals surface area contributed by atoms with Crippen molar-refractivity contribution in [3.63, 3.8) is 0 Å². The third-order valence-corrected chi connectivity index (χ3v) is 5.51. The number of aryl methyl sites for hydroxylation is 1. The van der Waals surface area contributed by atoms with Crippen LogP contribution in [0.1, 0.15) is 27.3 Å². The van der Waals surface area contributed by atoms with Gasteiger partial charge in [0.25, 0.3) is 5.91 Å². The van der Waals surface area contributed by atoms with Crippen molar-refractivity contribution in [3.8, 4) is 5.69 Å². The molecule has 1 fully saturated rings. The first-order valence-corrected chi connectivity index (χ1v) is 10.1. The number of hydrogen-bond donors (Lipinski definition) is 0. The van der Waals surface area contributed by atoms with Gasteiger partial charge in [0.1, 0.15) is 5.82 Å². The van der Waals surface area contributed by atoms with Crippen LogP contribution in [0.3, 0.4) is 0 Å². The van der Waals surface area contributed by atoms with Gasteiger partial charge in [0, 0.05) is 32.7 Å². The summed E-state index contributed by atoms with van der Waals surface area (Å²) in [6.07, 6.45) is -4.90. The summed E-state index contributed by atoms with van der Waals surface area (Å²) in [5, 5.41) is 7.04. The lowest BCUT2D eigenvalue weighted by molar-refractivity contribution is -0.143. The maximum atomic E-state index is 13.8. The minimum atomic E-state index is -4.90. The Hall–Kier alpha value is -3.27. The summed E-state index contributed by atoms with van der Waals surface area (Å²) in [4.78, 5) is 16.4. The van der Waals surface area contributed by atoms with E-state index in [9.17, 15) is 22.4 Å². The van der Waals surface area contributed by atoms with E-state index in [0.717, 1.165) is 17.7 Å². The normalized spacial score (nSPS) is 15.2. The first kappa shape index (κ1) is 21.9. The Morgan fingerprint density at radius 2 is 1.75 bits per heavy atom. The highest BCUT2D eigenvalue weighted by Crippen LogP contribution is 2.33. The molecular weight excluding hydrogens is 426 g/mol. The second kappa shape index (κ2) is 8.70.